The zero-order valence-corrected chi connectivity index (χ0v) is 9.15. The fourth-order valence-electron chi connectivity index (χ4n) is 1.91. The molecule has 7 heteroatoms. The van der Waals surface area contributed by atoms with Gasteiger partial charge in [-0.2, -0.15) is 0 Å². The second-order valence-corrected chi connectivity index (χ2v) is 3.92. The van der Waals surface area contributed by atoms with Crippen LogP contribution in [0.15, 0.2) is 23.6 Å². The quantitative estimate of drug-likeness (QED) is 0.482. The van der Waals surface area contributed by atoms with Crippen molar-refractivity contribution < 1.29 is 4.79 Å². The van der Waals surface area contributed by atoms with Crippen LogP contribution in [0.5, 0.6) is 0 Å². The first-order valence-electron chi connectivity index (χ1n) is 5.23. The van der Waals surface area contributed by atoms with Crippen molar-refractivity contribution in [2.24, 2.45) is 11.0 Å². The second kappa shape index (κ2) is 4.71. The summed E-state index contributed by atoms with van der Waals surface area (Å²) in [5, 5.41) is 3.49. The van der Waals surface area contributed by atoms with Gasteiger partial charge in [-0.25, -0.2) is 0 Å². The van der Waals surface area contributed by atoms with E-state index in [1.54, 1.807) is 23.4 Å². The highest BCUT2D eigenvalue weighted by Gasteiger charge is 2.31. The lowest BCUT2D eigenvalue weighted by atomic mass is 10.1. The highest BCUT2D eigenvalue weighted by atomic mass is 16.2. The smallest absolute Gasteiger partial charge is 0.227 e. The summed E-state index contributed by atoms with van der Waals surface area (Å²) in [5.41, 5.74) is 15.2. The van der Waals surface area contributed by atoms with E-state index in [0.29, 0.717) is 30.9 Å². The molecule has 2 heterocycles. The predicted molar refractivity (Wildman–Crippen MR) is 63.1 cm³/mol. The number of carbonyl (C=O) groups is 1. The number of azide groups is 1. The van der Waals surface area contributed by atoms with Crippen LogP contribution in [-0.4, -0.2) is 24.0 Å². The van der Waals surface area contributed by atoms with E-state index in [1.165, 1.54) is 0 Å². The molecular weight excluding hydrogens is 220 g/mol. The fourth-order valence-corrected chi connectivity index (χ4v) is 1.91. The van der Waals surface area contributed by atoms with Gasteiger partial charge in [-0.15, -0.1) is 0 Å². The normalized spacial score (nSPS) is 19.2. The number of hydrogen-bond acceptors (Lipinski definition) is 4. The number of nitrogens with two attached hydrogens (primary N) is 1. The average Bonchev–Trinajstić information content (AvgIpc) is 2.68. The SMILES string of the molecule is [N-]=[N+]=NCC1CC(=O)N(c2cnccc2N)C1. The van der Waals surface area contributed by atoms with Crippen molar-refractivity contribution in [2.45, 2.75) is 6.42 Å². The first kappa shape index (κ1) is 11.2. The Bertz CT molecular complexity index is 481. The molecule has 1 aliphatic rings. The van der Waals surface area contributed by atoms with E-state index >= 15 is 0 Å². The molecule has 1 fully saturated rings. The third-order valence-electron chi connectivity index (χ3n) is 2.73. The van der Waals surface area contributed by atoms with Crippen molar-refractivity contribution in [1.82, 2.24) is 4.98 Å². The highest BCUT2D eigenvalue weighted by Crippen LogP contribution is 2.28. The molecule has 0 aromatic carbocycles. The first-order valence-corrected chi connectivity index (χ1v) is 5.23. The van der Waals surface area contributed by atoms with Gasteiger partial charge in [-0.3, -0.25) is 9.78 Å². The monoisotopic (exact) mass is 232 g/mol. The molecule has 0 bridgehead atoms. The van der Waals surface area contributed by atoms with Crippen LogP contribution in [-0.2, 0) is 4.79 Å². The van der Waals surface area contributed by atoms with Gasteiger partial charge in [0.05, 0.1) is 17.6 Å². The number of carbonyl (C=O) groups excluding carboxylic acids is 1. The second-order valence-electron chi connectivity index (χ2n) is 3.92. The summed E-state index contributed by atoms with van der Waals surface area (Å²) in [6.07, 6.45) is 3.54. The molecule has 1 unspecified atom stereocenters. The number of pyridine rings is 1. The summed E-state index contributed by atoms with van der Waals surface area (Å²) in [6, 6.07) is 1.66. The van der Waals surface area contributed by atoms with Crippen LogP contribution in [0.25, 0.3) is 10.4 Å². The molecule has 17 heavy (non-hydrogen) atoms. The minimum Gasteiger partial charge on any atom is -0.397 e. The molecule has 0 spiro atoms. The van der Waals surface area contributed by atoms with E-state index in [9.17, 15) is 4.79 Å². The van der Waals surface area contributed by atoms with Crippen LogP contribution in [0.1, 0.15) is 6.42 Å². The van der Waals surface area contributed by atoms with E-state index in [-0.39, 0.29) is 11.8 Å². The number of anilines is 2. The zero-order chi connectivity index (χ0) is 12.3. The standard InChI is InChI=1S/C10H12N6O/c11-8-1-2-13-5-9(8)16-6-7(3-10(16)17)4-14-15-12/h1-2,5,7H,3-4,6H2,(H2,11,13). The Morgan fingerprint density at radius 1 is 1.71 bits per heavy atom. The molecule has 1 aromatic rings. The Labute approximate surface area is 97.9 Å². The molecule has 2 N–H and O–H groups in total. The molecule has 1 saturated heterocycles. The Morgan fingerprint density at radius 2 is 2.53 bits per heavy atom. The van der Waals surface area contributed by atoms with Crippen LogP contribution in [0, 0.1) is 5.92 Å². The molecule has 1 atom stereocenters. The van der Waals surface area contributed by atoms with Crippen LogP contribution < -0.4 is 10.6 Å². The van der Waals surface area contributed by atoms with E-state index < -0.39 is 0 Å². The number of nitrogens with zero attached hydrogens (tertiary/aromatic N) is 5. The number of nitrogen functional groups attached to an aromatic ring is 1. The van der Waals surface area contributed by atoms with E-state index in [0.717, 1.165) is 0 Å². The zero-order valence-electron chi connectivity index (χ0n) is 9.15. The molecule has 1 aromatic heterocycles. The molecule has 1 aliphatic heterocycles. The maximum atomic E-state index is 11.8. The average molecular weight is 232 g/mol. The maximum Gasteiger partial charge on any atom is 0.227 e. The van der Waals surface area contributed by atoms with Crippen LogP contribution in [0.2, 0.25) is 0 Å². The predicted octanol–water partition coefficient (Wildman–Crippen LogP) is 1.33. The van der Waals surface area contributed by atoms with Gasteiger partial charge in [0.25, 0.3) is 0 Å². The fraction of sp³-hybridized carbons (Fsp3) is 0.400. The van der Waals surface area contributed by atoms with Crippen molar-refractivity contribution in [2.75, 3.05) is 23.7 Å². The van der Waals surface area contributed by atoms with Crippen molar-refractivity contribution >= 4 is 17.3 Å². The number of aromatic nitrogens is 1. The largest absolute Gasteiger partial charge is 0.397 e. The van der Waals surface area contributed by atoms with Gasteiger partial charge in [0.1, 0.15) is 0 Å². The van der Waals surface area contributed by atoms with Crippen LogP contribution in [0.3, 0.4) is 0 Å². The van der Waals surface area contributed by atoms with Crippen molar-refractivity contribution in [1.29, 1.82) is 0 Å². The Kier molecular flexibility index (Phi) is 3.11. The van der Waals surface area contributed by atoms with Crippen molar-refractivity contribution in [3.63, 3.8) is 0 Å². The third-order valence-corrected chi connectivity index (χ3v) is 2.73. The van der Waals surface area contributed by atoms with Gasteiger partial charge in [0.2, 0.25) is 5.91 Å². The summed E-state index contributed by atoms with van der Waals surface area (Å²) < 4.78 is 0. The Morgan fingerprint density at radius 3 is 3.24 bits per heavy atom. The summed E-state index contributed by atoms with van der Waals surface area (Å²) in [6.45, 7) is 0.854. The van der Waals surface area contributed by atoms with E-state index in [4.69, 9.17) is 11.3 Å². The number of rotatable bonds is 3. The van der Waals surface area contributed by atoms with Gasteiger partial charge in [0.15, 0.2) is 0 Å². The summed E-state index contributed by atoms with van der Waals surface area (Å²) >= 11 is 0. The Balaban J connectivity index is 2.16. The molecule has 0 radical (unpaired) electrons. The van der Waals surface area contributed by atoms with Crippen molar-refractivity contribution in [3.8, 4) is 0 Å². The van der Waals surface area contributed by atoms with E-state index in [1.807, 2.05) is 0 Å². The number of amides is 1. The topological polar surface area (TPSA) is 108 Å². The minimum absolute atomic E-state index is 0.0113. The molecule has 88 valence electrons. The van der Waals surface area contributed by atoms with Gasteiger partial charge >= 0.3 is 0 Å². The van der Waals surface area contributed by atoms with Crippen molar-refractivity contribution in [3.05, 3.63) is 28.9 Å². The summed E-state index contributed by atoms with van der Waals surface area (Å²) in [5.74, 6) is 0.0424. The van der Waals surface area contributed by atoms with Gasteiger partial charge in [0, 0.05) is 30.6 Å². The molecule has 2 rings (SSSR count). The van der Waals surface area contributed by atoms with Gasteiger partial charge in [-0.1, -0.05) is 5.11 Å². The first-order chi connectivity index (χ1) is 8.22. The third kappa shape index (κ3) is 2.29. The number of hydrogen-bond donors (Lipinski definition) is 1. The minimum atomic E-state index is -0.0113. The summed E-state index contributed by atoms with van der Waals surface area (Å²) in [4.78, 5) is 20.1. The lowest BCUT2D eigenvalue weighted by molar-refractivity contribution is -0.117. The van der Waals surface area contributed by atoms with Crippen LogP contribution in [0.4, 0.5) is 11.4 Å². The molecular formula is C10H12N6O. The molecule has 1 amide bonds. The van der Waals surface area contributed by atoms with Gasteiger partial charge in [-0.05, 0) is 17.5 Å². The van der Waals surface area contributed by atoms with Crippen LogP contribution >= 0.6 is 0 Å². The molecule has 0 saturated carbocycles. The van der Waals surface area contributed by atoms with Gasteiger partial charge < -0.3 is 10.6 Å². The molecule has 0 aliphatic carbocycles. The lowest BCUT2D eigenvalue weighted by Gasteiger charge is -2.17. The lowest BCUT2D eigenvalue weighted by Crippen LogP contribution is -2.25. The maximum absolute atomic E-state index is 11.8. The summed E-state index contributed by atoms with van der Waals surface area (Å²) in [7, 11) is 0. The molecule has 7 nitrogen and oxygen atoms in total. The highest BCUT2D eigenvalue weighted by molar-refractivity contribution is 5.98. The van der Waals surface area contributed by atoms with E-state index in [2.05, 4.69) is 15.0 Å². The Hall–Kier alpha value is -2.27.